The summed E-state index contributed by atoms with van der Waals surface area (Å²) in [4.78, 5) is 34.1. The number of allylic oxidation sites excluding steroid dienone is 4. The number of hydrogen-bond donors (Lipinski definition) is 3. The molecule has 0 aromatic carbocycles. The van der Waals surface area contributed by atoms with Crippen LogP contribution in [0.4, 0.5) is 0 Å². The van der Waals surface area contributed by atoms with Gasteiger partial charge in [0.05, 0.1) is 13.2 Å². The van der Waals surface area contributed by atoms with Crippen LogP contribution in [0.3, 0.4) is 0 Å². The zero-order chi connectivity index (χ0) is 46.0. The fourth-order valence-electron chi connectivity index (χ4n) is 7.78. The fraction of sp³-hybridized carbons (Fsp3) is 0.887. The lowest BCUT2D eigenvalue weighted by Gasteiger charge is -2.15. The first-order valence-corrected chi connectivity index (χ1v) is 28.3. The molecule has 0 bridgehead atoms. The summed E-state index contributed by atoms with van der Waals surface area (Å²) in [5.41, 5.74) is 0. The Balaban J connectivity index is 3.52. The topological polar surface area (TPSA) is 131 Å². The monoisotopic (exact) mass is 912 g/mol. The number of phosphoric ester groups is 1. The van der Waals surface area contributed by atoms with Gasteiger partial charge in [-0.2, -0.15) is 0 Å². The molecule has 0 aliphatic rings. The molecule has 0 saturated carbocycles. The Hall–Kier alpha value is -1.51. The van der Waals surface area contributed by atoms with Crippen molar-refractivity contribution in [2.24, 2.45) is 0 Å². The molecule has 0 aromatic heterocycles. The molecule has 9 nitrogen and oxygen atoms in total. The Bertz CT molecular complexity index is 1090. The Morgan fingerprint density at radius 3 is 1.19 bits per heavy atom. The van der Waals surface area contributed by atoms with E-state index in [1.807, 2.05) is 0 Å². The summed E-state index contributed by atoms with van der Waals surface area (Å²) >= 11 is 0. The first-order valence-electron chi connectivity index (χ1n) is 26.8. The average molecular weight is 912 g/mol. The fourth-order valence-corrected chi connectivity index (χ4v) is 8.54. The third-order valence-corrected chi connectivity index (χ3v) is 12.8. The van der Waals surface area contributed by atoms with Crippen LogP contribution in [0, 0.1) is 0 Å². The number of aliphatic hydroxyl groups excluding tert-OH is 1. The molecule has 2 unspecified atom stereocenters. The molecule has 0 aliphatic carbocycles. The molecule has 0 heterocycles. The van der Waals surface area contributed by atoms with Crippen molar-refractivity contribution in [1.29, 1.82) is 0 Å². The minimum Gasteiger partial charge on any atom is -0.463 e. The summed E-state index contributed by atoms with van der Waals surface area (Å²) in [6.07, 6.45) is 56.9. The van der Waals surface area contributed by atoms with E-state index in [0.717, 1.165) is 38.5 Å². The van der Waals surface area contributed by atoms with Crippen LogP contribution in [0.15, 0.2) is 24.3 Å². The standard InChI is InChI=1S/C53H102NO8P/c1-3-5-7-9-11-13-15-17-19-21-23-24-25-26-28-29-31-33-35-37-39-41-43-45-52(56)54-47-48-61-63(58,59)62-50-51(55)49-60-53(57)46-44-42-40-38-36-34-32-30-27-22-20-18-16-14-12-10-8-6-4-2/h17-20,51,55H,3-16,21-50H2,1-2H3,(H,54,56)(H,58,59)/b19-17+,20-18+. The highest BCUT2D eigenvalue weighted by Crippen LogP contribution is 2.42. The highest BCUT2D eigenvalue weighted by molar-refractivity contribution is 7.47. The first-order chi connectivity index (χ1) is 30.8. The number of amides is 1. The van der Waals surface area contributed by atoms with Crippen LogP contribution in [0.2, 0.25) is 0 Å². The Morgan fingerprint density at radius 1 is 0.476 bits per heavy atom. The van der Waals surface area contributed by atoms with Crippen LogP contribution >= 0.6 is 7.82 Å². The van der Waals surface area contributed by atoms with Crippen molar-refractivity contribution in [2.45, 2.75) is 277 Å². The number of carbonyl (C=O) groups excluding carboxylic acids is 2. The van der Waals surface area contributed by atoms with Crippen molar-refractivity contribution in [3.05, 3.63) is 24.3 Å². The molecule has 63 heavy (non-hydrogen) atoms. The van der Waals surface area contributed by atoms with Crippen LogP contribution in [0.25, 0.3) is 0 Å². The van der Waals surface area contributed by atoms with E-state index in [2.05, 4.69) is 43.5 Å². The van der Waals surface area contributed by atoms with E-state index in [4.69, 9.17) is 13.8 Å². The predicted octanol–water partition coefficient (Wildman–Crippen LogP) is 15.9. The number of ether oxygens (including phenoxy) is 1. The van der Waals surface area contributed by atoms with Crippen LogP contribution in [-0.4, -0.2) is 54.3 Å². The molecule has 0 rings (SSSR count). The Morgan fingerprint density at radius 2 is 0.810 bits per heavy atom. The maximum absolute atomic E-state index is 12.2. The number of hydrogen-bond acceptors (Lipinski definition) is 7. The zero-order valence-corrected chi connectivity index (χ0v) is 42.2. The molecule has 0 saturated heterocycles. The molecule has 0 fully saturated rings. The van der Waals surface area contributed by atoms with Crippen LogP contribution in [0.1, 0.15) is 271 Å². The van der Waals surface area contributed by atoms with Crippen molar-refractivity contribution < 1.29 is 37.9 Å². The van der Waals surface area contributed by atoms with E-state index < -0.39 is 26.5 Å². The van der Waals surface area contributed by atoms with E-state index in [1.54, 1.807) is 0 Å². The number of carbonyl (C=O) groups is 2. The normalized spacial score (nSPS) is 13.3. The van der Waals surface area contributed by atoms with Gasteiger partial charge in [0, 0.05) is 19.4 Å². The van der Waals surface area contributed by atoms with E-state index >= 15 is 0 Å². The average Bonchev–Trinajstić information content (AvgIpc) is 3.27. The second kappa shape index (κ2) is 49.9. The number of aliphatic hydroxyl groups is 1. The first kappa shape index (κ1) is 61.5. The minimum absolute atomic E-state index is 0.0844. The third kappa shape index (κ3) is 51.3. The van der Waals surface area contributed by atoms with Gasteiger partial charge in [0.1, 0.15) is 12.7 Å². The van der Waals surface area contributed by atoms with E-state index in [-0.39, 0.29) is 32.1 Å². The molecule has 0 radical (unpaired) electrons. The van der Waals surface area contributed by atoms with E-state index in [0.29, 0.717) is 6.42 Å². The minimum atomic E-state index is -4.42. The van der Waals surface area contributed by atoms with Crippen molar-refractivity contribution in [3.63, 3.8) is 0 Å². The lowest BCUT2D eigenvalue weighted by molar-refractivity contribution is -0.147. The molecule has 3 N–H and O–H groups in total. The summed E-state index contributed by atoms with van der Waals surface area (Å²) in [6, 6.07) is 0. The van der Waals surface area contributed by atoms with Gasteiger partial charge in [-0.25, -0.2) is 4.57 Å². The smallest absolute Gasteiger partial charge is 0.463 e. The number of unbranched alkanes of at least 4 members (excludes halogenated alkanes) is 34. The lowest BCUT2D eigenvalue weighted by Crippen LogP contribution is -2.27. The van der Waals surface area contributed by atoms with Gasteiger partial charge in [0.2, 0.25) is 5.91 Å². The summed E-state index contributed by atoms with van der Waals surface area (Å²) < 4.78 is 27.0. The molecule has 0 aliphatic heterocycles. The molecular weight excluding hydrogens is 810 g/mol. The summed E-state index contributed by atoms with van der Waals surface area (Å²) in [6.45, 7) is 3.59. The van der Waals surface area contributed by atoms with E-state index in [1.165, 1.54) is 205 Å². The van der Waals surface area contributed by atoms with Gasteiger partial charge in [-0.05, 0) is 64.2 Å². The van der Waals surface area contributed by atoms with Crippen molar-refractivity contribution in [3.8, 4) is 0 Å². The van der Waals surface area contributed by atoms with Gasteiger partial charge >= 0.3 is 13.8 Å². The van der Waals surface area contributed by atoms with Gasteiger partial charge in [-0.15, -0.1) is 0 Å². The van der Waals surface area contributed by atoms with Gasteiger partial charge in [0.15, 0.2) is 0 Å². The van der Waals surface area contributed by atoms with Crippen molar-refractivity contribution in [1.82, 2.24) is 5.32 Å². The van der Waals surface area contributed by atoms with Crippen LogP contribution in [-0.2, 0) is 27.9 Å². The Labute approximate surface area is 389 Å². The molecule has 372 valence electrons. The number of esters is 1. The quantitative estimate of drug-likeness (QED) is 0.0238. The maximum Gasteiger partial charge on any atom is 0.472 e. The second-order valence-electron chi connectivity index (χ2n) is 18.2. The van der Waals surface area contributed by atoms with Crippen LogP contribution < -0.4 is 5.32 Å². The molecule has 2 atom stereocenters. The predicted molar refractivity (Wildman–Crippen MR) is 266 cm³/mol. The molecule has 1 amide bonds. The molecule has 0 spiro atoms. The molecule has 10 heteroatoms. The lowest BCUT2D eigenvalue weighted by atomic mass is 10.0. The van der Waals surface area contributed by atoms with Crippen molar-refractivity contribution in [2.75, 3.05) is 26.4 Å². The van der Waals surface area contributed by atoms with Crippen molar-refractivity contribution >= 4 is 19.7 Å². The molecular formula is C53H102NO8P. The zero-order valence-electron chi connectivity index (χ0n) is 41.3. The summed E-state index contributed by atoms with van der Waals surface area (Å²) in [7, 11) is -4.42. The Kier molecular flexibility index (Phi) is 48.7. The number of rotatable bonds is 51. The van der Waals surface area contributed by atoms with Crippen LogP contribution in [0.5, 0.6) is 0 Å². The second-order valence-corrected chi connectivity index (χ2v) is 19.6. The van der Waals surface area contributed by atoms with E-state index in [9.17, 15) is 24.2 Å². The third-order valence-electron chi connectivity index (χ3n) is 11.9. The summed E-state index contributed by atoms with van der Waals surface area (Å²) in [5, 5.41) is 12.8. The SMILES string of the molecule is CCCCCCCC/C=C/CCCCCCCCCCCCCCCC(=O)NCCOP(=O)(O)OCC(O)COC(=O)CCCCCCCCCCC/C=C/CCCCCCCC. The van der Waals surface area contributed by atoms with Gasteiger partial charge in [-0.1, -0.05) is 218 Å². The van der Waals surface area contributed by atoms with Gasteiger partial charge in [-0.3, -0.25) is 18.6 Å². The molecule has 0 aromatic rings. The highest BCUT2D eigenvalue weighted by atomic mass is 31.2. The highest BCUT2D eigenvalue weighted by Gasteiger charge is 2.23. The number of phosphoric acid groups is 1. The van der Waals surface area contributed by atoms with Gasteiger partial charge in [0.25, 0.3) is 0 Å². The summed E-state index contributed by atoms with van der Waals surface area (Å²) in [5.74, 6) is -0.508. The maximum atomic E-state index is 12.2. The number of nitrogens with one attached hydrogen (secondary N) is 1. The van der Waals surface area contributed by atoms with Gasteiger partial charge < -0.3 is 20.1 Å². The largest absolute Gasteiger partial charge is 0.472 e.